The van der Waals surface area contributed by atoms with Gasteiger partial charge in [0.2, 0.25) is 0 Å². The van der Waals surface area contributed by atoms with Gasteiger partial charge in [-0.15, -0.1) is 0 Å². The molecule has 0 saturated heterocycles. The Morgan fingerprint density at radius 1 is 1.21 bits per heavy atom. The molecule has 2 unspecified atom stereocenters. The van der Waals surface area contributed by atoms with Crippen molar-refractivity contribution in [2.75, 3.05) is 7.05 Å². The molecule has 1 saturated carbocycles. The summed E-state index contributed by atoms with van der Waals surface area (Å²) in [5.74, 6) is 1.06. The predicted molar refractivity (Wildman–Crippen MR) is 86.4 cm³/mol. The molecular formula is C15H21Br2NO. The number of aromatic hydroxyl groups is 1. The second kappa shape index (κ2) is 6.59. The summed E-state index contributed by atoms with van der Waals surface area (Å²) in [6, 6.07) is 4.69. The molecule has 0 amide bonds. The Hall–Kier alpha value is -0.0600. The maximum absolute atomic E-state index is 9.75. The van der Waals surface area contributed by atoms with Crippen molar-refractivity contribution in [2.24, 2.45) is 5.92 Å². The molecular weight excluding hydrogens is 370 g/mol. The first-order chi connectivity index (χ1) is 8.99. The van der Waals surface area contributed by atoms with Gasteiger partial charge in [0.05, 0.1) is 8.95 Å². The van der Waals surface area contributed by atoms with E-state index in [0.29, 0.717) is 6.04 Å². The number of nitrogens with zero attached hydrogens (tertiary/aromatic N) is 1. The van der Waals surface area contributed by atoms with Crippen LogP contribution < -0.4 is 0 Å². The molecule has 1 aromatic rings. The zero-order chi connectivity index (χ0) is 14.0. The minimum atomic E-state index is 0.275. The Bertz CT molecular complexity index is 427. The summed E-state index contributed by atoms with van der Waals surface area (Å²) in [4.78, 5) is 2.45. The second-order valence-electron chi connectivity index (χ2n) is 5.65. The average molecular weight is 391 g/mol. The molecule has 0 heterocycles. The highest BCUT2D eigenvalue weighted by atomic mass is 79.9. The van der Waals surface area contributed by atoms with Gasteiger partial charge in [0, 0.05) is 12.6 Å². The van der Waals surface area contributed by atoms with E-state index in [1.54, 1.807) is 0 Å². The van der Waals surface area contributed by atoms with E-state index in [1.807, 2.05) is 12.1 Å². The molecule has 0 aromatic heterocycles. The zero-order valence-electron chi connectivity index (χ0n) is 11.5. The van der Waals surface area contributed by atoms with Crippen LogP contribution in [-0.2, 0) is 6.54 Å². The van der Waals surface area contributed by atoms with Crippen LogP contribution in [0.5, 0.6) is 5.75 Å². The third-order valence-electron chi connectivity index (χ3n) is 4.14. The van der Waals surface area contributed by atoms with Crippen molar-refractivity contribution in [3.8, 4) is 5.75 Å². The van der Waals surface area contributed by atoms with Gasteiger partial charge in [0.15, 0.2) is 0 Å². The Morgan fingerprint density at radius 2 is 1.79 bits per heavy atom. The van der Waals surface area contributed by atoms with Crippen LogP contribution in [0.25, 0.3) is 0 Å². The molecule has 1 N–H and O–H groups in total. The second-order valence-corrected chi connectivity index (χ2v) is 7.36. The molecule has 1 aliphatic carbocycles. The highest BCUT2D eigenvalue weighted by Crippen LogP contribution is 2.34. The van der Waals surface area contributed by atoms with Gasteiger partial charge in [-0.3, -0.25) is 4.90 Å². The first kappa shape index (κ1) is 15.3. The summed E-state index contributed by atoms with van der Waals surface area (Å²) in [7, 11) is 2.21. The Labute approximate surface area is 132 Å². The fourth-order valence-corrected chi connectivity index (χ4v) is 4.35. The number of halogens is 2. The highest BCUT2D eigenvalue weighted by molar-refractivity contribution is 9.11. The number of benzene rings is 1. The number of phenolic OH excluding ortho intramolecular Hbond substituents is 1. The molecule has 0 bridgehead atoms. The predicted octanol–water partition coefficient (Wildman–Crippen LogP) is 4.93. The van der Waals surface area contributed by atoms with Crippen molar-refractivity contribution in [3.05, 3.63) is 26.6 Å². The maximum Gasteiger partial charge on any atom is 0.143 e. The topological polar surface area (TPSA) is 23.5 Å². The standard InChI is InChI=1S/C15H21Br2NO/c1-10-5-3-4-6-14(10)18(2)9-11-7-12(16)15(19)13(17)8-11/h7-8,10,14,19H,3-6,9H2,1-2H3. The minimum absolute atomic E-state index is 0.275. The Morgan fingerprint density at radius 3 is 2.37 bits per heavy atom. The van der Waals surface area contributed by atoms with E-state index < -0.39 is 0 Å². The van der Waals surface area contributed by atoms with Gasteiger partial charge in [-0.2, -0.15) is 0 Å². The van der Waals surface area contributed by atoms with E-state index in [-0.39, 0.29) is 5.75 Å². The molecule has 1 aromatic carbocycles. The fourth-order valence-electron chi connectivity index (χ4n) is 3.07. The highest BCUT2D eigenvalue weighted by Gasteiger charge is 2.25. The van der Waals surface area contributed by atoms with Gasteiger partial charge in [-0.05, 0) is 75.4 Å². The quantitative estimate of drug-likeness (QED) is 0.790. The number of rotatable bonds is 3. The number of phenols is 1. The van der Waals surface area contributed by atoms with Crippen LogP contribution in [0.2, 0.25) is 0 Å². The molecule has 0 radical (unpaired) electrons. The fraction of sp³-hybridized carbons (Fsp3) is 0.600. The molecule has 2 atom stereocenters. The first-order valence-electron chi connectivity index (χ1n) is 6.86. The third kappa shape index (κ3) is 3.73. The van der Waals surface area contributed by atoms with Gasteiger partial charge in [-0.1, -0.05) is 19.8 Å². The summed E-state index contributed by atoms with van der Waals surface area (Å²) >= 11 is 6.79. The Kier molecular flexibility index (Phi) is 5.32. The van der Waals surface area contributed by atoms with Crippen molar-refractivity contribution in [3.63, 3.8) is 0 Å². The van der Waals surface area contributed by atoms with Crippen LogP contribution in [0, 0.1) is 5.92 Å². The van der Waals surface area contributed by atoms with E-state index in [2.05, 4.69) is 50.7 Å². The summed E-state index contributed by atoms with van der Waals surface area (Å²) in [6.07, 6.45) is 5.38. The molecule has 0 aliphatic heterocycles. The van der Waals surface area contributed by atoms with Gasteiger partial charge in [0.25, 0.3) is 0 Å². The minimum Gasteiger partial charge on any atom is -0.506 e. The molecule has 4 heteroatoms. The van der Waals surface area contributed by atoms with Crippen molar-refractivity contribution in [1.82, 2.24) is 4.90 Å². The molecule has 2 nitrogen and oxygen atoms in total. The summed E-state index contributed by atoms with van der Waals surface area (Å²) in [6.45, 7) is 3.29. The largest absolute Gasteiger partial charge is 0.506 e. The SMILES string of the molecule is CC1CCCCC1N(C)Cc1cc(Br)c(O)c(Br)c1. The van der Waals surface area contributed by atoms with Crippen LogP contribution >= 0.6 is 31.9 Å². The van der Waals surface area contributed by atoms with Crippen molar-refractivity contribution >= 4 is 31.9 Å². The molecule has 0 spiro atoms. The van der Waals surface area contributed by atoms with Gasteiger partial charge in [-0.25, -0.2) is 0 Å². The van der Waals surface area contributed by atoms with Crippen molar-refractivity contribution in [1.29, 1.82) is 0 Å². The first-order valence-corrected chi connectivity index (χ1v) is 8.44. The molecule has 1 fully saturated rings. The normalized spacial score (nSPS) is 23.8. The lowest BCUT2D eigenvalue weighted by Gasteiger charge is -2.36. The van der Waals surface area contributed by atoms with Crippen LogP contribution in [0.1, 0.15) is 38.2 Å². The average Bonchev–Trinajstić information content (AvgIpc) is 2.36. The summed E-state index contributed by atoms with van der Waals surface area (Å²) in [5, 5.41) is 9.75. The third-order valence-corrected chi connectivity index (χ3v) is 5.35. The van der Waals surface area contributed by atoms with E-state index in [0.717, 1.165) is 21.4 Å². The van der Waals surface area contributed by atoms with Gasteiger partial charge < -0.3 is 5.11 Å². The number of hydrogen-bond acceptors (Lipinski definition) is 2. The number of hydrogen-bond donors (Lipinski definition) is 1. The van der Waals surface area contributed by atoms with Crippen LogP contribution in [0.4, 0.5) is 0 Å². The monoisotopic (exact) mass is 389 g/mol. The summed E-state index contributed by atoms with van der Waals surface area (Å²) < 4.78 is 1.50. The molecule has 106 valence electrons. The van der Waals surface area contributed by atoms with Crippen molar-refractivity contribution in [2.45, 2.75) is 45.2 Å². The van der Waals surface area contributed by atoms with Gasteiger partial charge >= 0.3 is 0 Å². The maximum atomic E-state index is 9.75. The lowest BCUT2D eigenvalue weighted by atomic mass is 9.85. The van der Waals surface area contributed by atoms with E-state index in [4.69, 9.17) is 0 Å². The van der Waals surface area contributed by atoms with E-state index in [9.17, 15) is 5.11 Å². The van der Waals surface area contributed by atoms with Gasteiger partial charge in [0.1, 0.15) is 5.75 Å². The van der Waals surface area contributed by atoms with Crippen LogP contribution in [-0.4, -0.2) is 23.1 Å². The van der Waals surface area contributed by atoms with Crippen LogP contribution in [0.15, 0.2) is 21.1 Å². The molecule has 19 heavy (non-hydrogen) atoms. The van der Waals surface area contributed by atoms with Crippen LogP contribution in [0.3, 0.4) is 0 Å². The van der Waals surface area contributed by atoms with Crippen molar-refractivity contribution < 1.29 is 5.11 Å². The Balaban J connectivity index is 2.08. The smallest absolute Gasteiger partial charge is 0.143 e. The molecule has 2 rings (SSSR count). The molecule has 1 aliphatic rings. The summed E-state index contributed by atoms with van der Waals surface area (Å²) in [5.41, 5.74) is 1.22. The van der Waals surface area contributed by atoms with E-state index >= 15 is 0 Å². The lowest BCUT2D eigenvalue weighted by molar-refractivity contribution is 0.133. The zero-order valence-corrected chi connectivity index (χ0v) is 14.7. The van der Waals surface area contributed by atoms with E-state index in [1.165, 1.54) is 31.2 Å². The lowest BCUT2D eigenvalue weighted by Crippen LogP contribution is -2.38.